The summed E-state index contributed by atoms with van der Waals surface area (Å²) in [5.74, 6) is -0.923. The second kappa shape index (κ2) is 9.22. The van der Waals surface area contributed by atoms with Crippen LogP contribution in [0.2, 0.25) is 0 Å². The smallest absolute Gasteiger partial charge is 0.335 e. The van der Waals surface area contributed by atoms with Gasteiger partial charge in [0.25, 0.3) is 0 Å². The monoisotopic (exact) mass is 474 g/mol. The Bertz CT molecular complexity index is 1220. The molecule has 2 N–H and O–H groups in total. The van der Waals surface area contributed by atoms with E-state index in [1.165, 1.54) is 24.8 Å². The van der Waals surface area contributed by atoms with Crippen LogP contribution < -0.4 is 5.32 Å². The third-order valence-corrected chi connectivity index (χ3v) is 7.57. The van der Waals surface area contributed by atoms with Gasteiger partial charge in [-0.25, -0.2) is 4.79 Å². The Hall–Kier alpha value is -3.19. The molecule has 0 bridgehead atoms. The summed E-state index contributed by atoms with van der Waals surface area (Å²) in [5.41, 5.74) is 5.48. The fourth-order valence-corrected chi connectivity index (χ4v) is 6.10. The average molecular weight is 475 g/mol. The minimum absolute atomic E-state index is 0.0214. The Labute approximate surface area is 205 Å². The molecule has 1 aliphatic carbocycles. The molecule has 1 saturated heterocycles. The topological polar surface area (TPSA) is 70.4 Å². The lowest BCUT2D eigenvalue weighted by molar-refractivity contribution is 0.0697. The fourth-order valence-electron chi connectivity index (χ4n) is 5.71. The Morgan fingerprint density at radius 3 is 2.59 bits per heavy atom. The van der Waals surface area contributed by atoms with Crippen molar-refractivity contribution in [2.75, 3.05) is 0 Å². The number of benzene rings is 1. The van der Waals surface area contributed by atoms with Crippen LogP contribution in [0.5, 0.6) is 0 Å². The van der Waals surface area contributed by atoms with E-state index in [-0.39, 0.29) is 17.6 Å². The average Bonchev–Trinajstić information content (AvgIpc) is 3.35. The number of rotatable bonds is 5. The first-order valence-electron chi connectivity index (χ1n) is 12.0. The number of aromatic carboxylic acids is 1. The van der Waals surface area contributed by atoms with Crippen LogP contribution >= 0.6 is 12.2 Å². The van der Waals surface area contributed by atoms with Gasteiger partial charge in [0.1, 0.15) is 0 Å². The molecule has 2 aliphatic rings. The predicted molar refractivity (Wildman–Crippen MR) is 136 cm³/mol. The molecule has 1 aliphatic heterocycles. The first kappa shape index (κ1) is 22.6. The van der Waals surface area contributed by atoms with Crippen LogP contribution in [-0.4, -0.2) is 36.7 Å². The highest BCUT2D eigenvalue weighted by atomic mass is 32.1. The molecular weight excluding hydrogens is 444 g/mol. The highest BCUT2D eigenvalue weighted by Crippen LogP contribution is 2.44. The Balaban J connectivity index is 1.62. The van der Waals surface area contributed by atoms with Crippen molar-refractivity contribution in [3.63, 3.8) is 0 Å². The second-order valence-corrected chi connectivity index (χ2v) is 9.73. The molecule has 3 aromatic rings. The molecule has 6 nitrogen and oxygen atoms in total. The van der Waals surface area contributed by atoms with Gasteiger partial charge >= 0.3 is 5.97 Å². The van der Waals surface area contributed by atoms with Crippen molar-refractivity contribution >= 4 is 23.3 Å². The van der Waals surface area contributed by atoms with E-state index in [4.69, 9.17) is 12.2 Å². The summed E-state index contributed by atoms with van der Waals surface area (Å²) in [7, 11) is 0. The van der Waals surface area contributed by atoms with Crippen LogP contribution in [0, 0.1) is 13.8 Å². The van der Waals surface area contributed by atoms with Gasteiger partial charge in [-0.3, -0.25) is 4.98 Å². The molecule has 0 radical (unpaired) electrons. The van der Waals surface area contributed by atoms with Gasteiger partial charge in [-0.1, -0.05) is 31.4 Å². The molecule has 5 rings (SSSR count). The van der Waals surface area contributed by atoms with Crippen molar-refractivity contribution in [1.82, 2.24) is 19.8 Å². The summed E-state index contributed by atoms with van der Waals surface area (Å²) < 4.78 is 2.15. The molecule has 3 heterocycles. The number of aromatic nitrogens is 2. The number of nitrogens with zero attached hydrogens (tertiary/aromatic N) is 3. The highest BCUT2D eigenvalue weighted by molar-refractivity contribution is 7.80. The lowest BCUT2D eigenvalue weighted by Crippen LogP contribution is -2.40. The second-order valence-electron chi connectivity index (χ2n) is 9.34. The molecule has 2 aromatic heterocycles. The number of carboxylic acid groups (broad SMARTS) is 1. The number of carboxylic acids is 1. The summed E-state index contributed by atoms with van der Waals surface area (Å²) in [6.07, 6.45) is 7.87. The Morgan fingerprint density at radius 2 is 1.88 bits per heavy atom. The van der Waals surface area contributed by atoms with Crippen molar-refractivity contribution in [3.05, 3.63) is 82.9 Å². The molecule has 0 amide bonds. The molecule has 0 unspecified atom stereocenters. The number of thiocarbonyl (C=S) groups is 1. The fraction of sp³-hybridized carbons (Fsp3) is 0.370. The van der Waals surface area contributed by atoms with E-state index in [2.05, 4.69) is 45.7 Å². The zero-order chi connectivity index (χ0) is 23.8. The van der Waals surface area contributed by atoms with E-state index in [0.29, 0.717) is 6.04 Å². The summed E-state index contributed by atoms with van der Waals surface area (Å²) in [6, 6.07) is 15.8. The minimum Gasteiger partial charge on any atom is -0.478 e. The number of hydrogen-bond donors (Lipinski definition) is 2. The van der Waals surface area contributed by atoms with Gasteiger partial charge in [-0.05, 0) is 80.9 Å². The minimum atomic E-state index is -0.923. The third-order valence-electron chi connectivity index (χ3n) is 7.24. The zero-order valence-corrected chi connectivity index (χ0v) is 20.4. The first-order valence-corrected chi connectivity index (χ1v) is 12.4. The van der Waals surface area contributed by atoms with E-state index >= 15 is 0 Å². The van der Waals surface area contributed by atoms with Gasteiger partial charge in [0.05, 0.1) is 23.3 Å². The van der Waals surface area contributed by atoms with Gasteiger partial charge in [0, 0.05) is 29.3 Å². The molecule has 34 heavy (non-hydrogen) atoms. The SMILES string of the molecule is Cc1cc([C@H]2[C@@H](c3ccccn3)NC(=S)N2C2CCCCC2)c(C)n1-c1cccc(C(=O)O)c1. The normalized spacial score (nSPS) is 21.0. The molecule has 7 heteroatoms. The van der Waals surface area contributed by atoms with E-state index in [9.17, 15) is 9.90 Å². The van der Waals surface area contributed by atoms with E-state index < -0.39 is 5.97 Å². The maximum absolute atomic E-state index is 11.6. The number of carbonyl (C=O) groups is 1. The summed E-state index contributed by atoms with van der Waals surface area (Å²) in [4.78, 5) is 18.7. The predicted octanol–water partition coefficient (Wildman–Crippen LogP) is 5.49. The number of aryl methyl sites for hydroxylation is 1. The molecule has 1 aromatic carbocycles. The highest BCUT2D eigenvalue weighted by Gasteiger charge is 2.44. The lowest BCUT2D eigenvalue weighted by atomic mass is 9.90. The lowest BCUT2D eigenvalue weighted by Gasteiger charge is -2.37. The van der Waals surface area contributed by atoms with E-state index in [1.54, 1.807) is 18.2 Å². The number of pyridine rings is 1. The van der Waals surface area contributed by atoms with Gasteiger partial charge in [-0.2, -0.15) is 0 Å². The van der Waals surface area contributed by atoms with Gasteiger partial charge < -0.3 is 19.9 Å². The van der Waals surface area contributed by atoms with E-state index in [1.807, 2.05) is 24.4 Å². The number of hydrogen-bond acceptors (Lipinski definition) is 3. The summed E-state index contributed by atoms with van der Waals surface area (Å²) in [5, 5.41) is 13.9. The van der Waals surface area contributed by atoms with Crippen LogP contribution in [0.15, 0.2) is 54.7 Å². The molecule has 176 valence electrons. The molecule has 2 atom stereocenters. The van der Waals surface area contributed by atoms with Crippen LogP contribution in [-0.2, 0) is 0 Å². The van der Waals surface area contributed by atoms with Crippen LogP contribution in [0.25, 0.3) is 5.69 Å². The Morgan fingerprint density at radius 1 is 1.09 bits per heavy atom. The van der Waals surface area contributed by atoms with Crippen molar-refractivity contribution in [2.24, 2.45) is 0 Å². The van der Waals surface area contributed by atoms with Gasteiger partial charge in [0.2, 0.25) is 0 Å². The third kappa shape index (κ3) is 3.98. The van der Waals surface area contributed by atoms with Gasteiger partial charge in [0.15, 0.2) is 5.11 Å². The maximum Gasteiger partial charge on any atom is 0.335 e. The van der Waals surface area contributed by atoms with Crippen molar-refractivity contribution < 1.29 is 9.90 Å². The van der Waals surface area contributed by atoms with Crippen molar-refractivity contribution in [3.8, 4) is 5.69 Å². The van der Waals surface area contributed by atoms with Crippen LogP contribution in [0.4, 0.5) is 0 Å². The standard InChI is InChI=1S/C27H30N4O2S/c1-17-15-22(18(2)30(17)21-12-8-9-19(16-21)26(32)33)25-24(23-13-6-7-14-28-23)29-27(34)31(25)20-10-4-3-5-11-20/h6-9,12-16,20,24-25H,3-5,10-11H2,1-2H3,(H,29,34)(H,32,33)/t24-,25+/m1/s1. The van der Waals surface area contributed by atoms with Crippen molar-refractivity contribution in [2.45, 2.75) is 64.1 Å². The van der Waals surface area contributed by atoms with Gasteiger partial charge in [-0.15, -0.1) is 0 Å². The largest absolute Gasteiger partial charge is 0.478 e. The van der Waals surface area contributed by atoms with Crippen molar-refractivity contribution in [1.29, 1.82) is 0 Å². The zero-order valence-electron chi connectivity index (χ0n) is 19.6. The molecule has 0 spiro atoms. The molecule has 1 saturated carbocycles. The summed E-state index contributed by atoms with van der Waals surface area (Å²) >= 11 is 5.91. The molecule has 2 fully saturated rings. The van der Waals surface area contributed by atoms with E-state index in [0.717, 1.165) is 40.7 Å². The Kier molecular flexibility index (Phi) is 6.13. The molecular formula is C27H30N4O2S. The maximum atomic E-state index is 11.6. The van der Waals surface area contributed by atoms with Crippen LogP contribution in [0.1, 0.15) is 77.2 Å². The quantitative estimate of drug-likeness (QED) is 0.477. The first-order chi connectivity index (χ1) is 16.5. The number of nitrogens with one attached hydrogen (secondary N) is 1. The van der Waals surface area contributed by atoms with Crippen LogP contribution in [0.3, 0.4) is 0 Å². The summed E-state index contributed by atoms with van der Waals surface area (Å²) in [6.45, 7) is 4.19.